The molecular formula is C31H46N4O2. The van der Waals surface area contributed by atoms with Crippen LogP contribution in [0.1, 0.15) is 75.9 Å². The first-order valence-corrected chi connectivity index (χ1v) is 13.9. The van der Waals surface area contributed by atoms with E-state index in [1.54, 1.807) is 0 Å². The van der Waals surface area contributed by atoms with Gasteiger partial charge in [0.15, 0.2) is 0 Å². The third kappa shape index (κ3) is 8.60. The highest BCUT2D eigenvalue weighted by Crippen LogP contribution is 2.30. The predicted molar refractivity (Wildman–Crippen MR) is 154 cm³/mol. The van der Waals surface area contributed by atoms with Crippen molar-refractivity contribution in [2.45, 2.75) is 67.3 Å². The number of hydrogen-bond donors (Lipinski definition) is 2. The Morgan fingerprint density at radius 2 is 1.76 bits per heavy atom. The van der Waals surface area contributed by atoms with Crippen LogP contribution in [0.25, 0.3) is 0 Å². The van der Waals surface area contributed by atoms with Crippen molar-refractivity contribution >= 4 is 23.2 Å². The summed E-state index contributed by atoms with van der Waals surface area (Å²) < 4.78 is 0. The molecule has 1 unspecified atom stereocenters. The minimum absolute atomic E-state index is 0.00992. The molecule has 0 radical (unpaired) electrons. The first kappa shape index (κ1) is 28.7. The summed E-state index contributed by atoms with van der Waals surface area (Å²) in [5.41, 5.74) is 5.05. The highest BCUT2D eigenvalue weighted by Gasteiger charge is 2.23. The third-order valence-corrected chi connectivity index (χ3v) is 7.10. The van der Waals surface area contributed by atoms with E-state index < -0.39 is 0 Å². The summed E-state index contributed by atoms with van der Waals surface area (Å²) >= 11 is 0. The van der Waals surface area contributed by atoms with E-state index in [1.165, 1.54) is 11.1 Å². The molecule has 0 fully saturated rings. The standard InChI is InChI=1S/C31H46N4O2/c1-7-34(8-2)18-16-32-30(37)27-20-26(33-29(36)19-23(3)21-31(4,5)6)13-14-28(27)35-17-15-24-11-9-10-12-25(24)22-35/h9-14,20,23H,7-8,15-19,21-22H2,1-6H3,(H,32,37)(H,33,36). The van der Waals surface area contributed by atoms with Crippen molar-refractivity contribution in [2.24, 2.45) is 11.3 Å². The van der Waals surface area contributed by atoms with Crippen molar-refractivity contribution in [3.63, 3.8) is 0 Å². The molecule has 6 heteroatoms. The van der Waals surface area contributed by atoms with Crippen LogP contribution in [0, 0.1) is 11.3 Å². The summed E-state index contributed by atoms with van der Waals surface area (Å²) in [6, 6.07) is 14.3. The number of carbonyl (C=O) groups is 2. The fourth-order valence-corrected chi connectivity index (χ4v) is 5.38. The number of carbonyl (C=O) groups excluding carboxylic acids is 2. The number of fused-ring (bicyclic) bond motifs is 1. The van der Waals surface area contributed by atoms with Crippen LogP contribution < -0.4 is 15.5 Å². The zero-order valence-electron chi connectivity index (χ0n) is 23.7. The Bertz CT molecular complexity index is 1060. The molecule has 1 aliphatic rings. The minimum atomic E-state index is -0.0989. The lowest BCUT2D eigenvalue weighted by Crippen LogP contribution is -2.36. The first-order valence-electron chi connectivity index (χ1n) is 13.9. The van der Waals surface area contributed by atoms with Crippen LogP contribution in [0.4, 0.5) is 11.4 Å². The van der Waals surface area contributed by atoms with E-state index >= 15 is 0 Å². The number of nitrogens with zero attached hydrogens (tertiary/aromatic N) is 2. The summed E-state index contributed by atoms with van der Waals surface area (Å²) in [6.07, 6.45) is 2.40. The summed E-state index contributed by atoms with van der Waals surface area (Å²) in [5.74, 6) is 0.179. The number of rotatable bonds is 11. The molecule has 6 nitrogen and oxygen atoms in total. The number of likely N-dealkylation sites (N-methyl/N-ethyl adjacent to an activating group) is 1. The van der Waals surface area contributed by atoms with Crippen molar-refractivity contribution in [3.8, 4) is 0 Å². The number of nitrogens with one attached hydrogen (secondary N) is 2. The largest absolute Gasteiger partial charge is 0.366 e. The molecule has 1 heterocycles. The zero-order chi connectivity index (χ0) is 27.0. The first-order chi connectivity index (χ1) is 17.6. The molecule has 0 aromatic heterocycles. The molecule has 2 amide bonds. The average molecular weight is 507 g/mol. The lowest BCUT2D eigenvalue weighted by atomic mass is 9.84. The molecule has 2 N–H and O–H groups in total. The van der Waals surface area contributed by atoms with Crippen molar-refractivity contribution in [3.05, 3.63) is 59.2 Å². The molecule has 2 aromatic rings. The molecule has 2 aromatic carbocycles. The highest BCUT2D eigenvalue weighted by atomic mass is 16.2. The molecule has 202 valence electrons. The average Bonchev–Trinajstić information content (AvgIpc) is 2.85. The van der Waals surface area contributed by atoms with Gasteiger partial charge in [0.2, 0.25) is 5.91 Å². The molecule has 0 spiro atoms. The normalized spacial score (nSPS) is 14.3. The maximum Gasteiger partial charge on any atom is 0.253 e. The maximum atomic E-state index is 13.4. The van der Waals surface area contributed by atoms with Crippen LogP contribution in [0.2, 0.25) is 0 Å². The zero-order valence-corrected chi connectivity index (χ0v) is 23.7. The Morgan fingerprint density at radius 3 is 2.43 bits per heavy atom. The fraction of sp³-hybridized carbons (Fsp3) is 0.548. The van der Waals surface area contributed by atoms with E-state index in [0.717, 1.165) is 51.3 Å². The summed E-state index contributed by atoms with van der Waals surface area (Å²) in [6.45, 7) is 17.9. The Kier molecular flexibility index (Phi) is 10.2. The van der Waals surface area contributed by atoms with Crippen LogP contribution in [0.3, 0.4) is 0 Å². The quantitative estimate of drug-likeness (QED) is 0.409. The topological polar surface area (TPSA) is 64.7 Å². The molecule has 1 atom stereocenters. The molecule has 0 bridgehead atoms. The van der Waals surface area contributed by atoms with Crippen molar-refractivity contribution in [1.29, 1.82) is 0 Å². The summed E-state index contributed by atoms with van der Waals surface area (Å²) in [5, 5.41) is 6.16. The predicted octanol–water partition coefficient (Wildman–Crippen LogP) is 5.72. The van der Waals surface area contributed by atoms with Crippen molar-refractivity contribution in [2.75, 3.05) is 42.9 Å². The second-order valence-corrected chi connectivity index (χ2v) is 11.6. The van der Waals surface area contributed by atoms with Crippen LogP contribution >= 0.6 is 0 Å². The monoisotopic (exact) mass is 506 g/mol. The number of hydrogen-bond acceptors (Lipinski definition) is 4. The second kappa shape index (κ2) is 13.1. The van der Waals surface area contributed by atoms with Crippen molar-refractivity contribution in [1.82, 2.24) is 10.2 Å². The van der Waals surface area contributed by atoms with Gasteiger partial charge in [-0.05, 0) is 66.6 Å². The van der Waals surface area contributed by atoms with Crippen LogP contribution in [0.5, 0.6) is 0 Å². The number of benzene rings is 2. The van der Waals surface area contributed by atoms with Gasteiger partial charge in [-0.1, -0.05) is 65.8 Å². The molecular weight excluding hydrogens is 460 g/mol. The third-order valence-electron chi connectivity index (χ3n) is 7.10. The van der Waals surface area contributed by atoms with E-state index in [0.29, 0.717) is 24.2 Å². The molecule has 1 aliphatic heterocycles. The fourth-order valence-electron chi connectivity index (χ4n) is 5.38. The van der Waals surface area contributed by atoms with Gasteiger partial charge in [0.25, 0.3) is 5.91 Å². The van der Waals surface area contributed by atoms with Gasteiger partial charge in [-0.3, -0.25) is 9.59 Å². The molecule has 37 heavy (non-hydrogen) atoms. The maximum absolute atomic E-state index is 13.4. The van der Waals surface area contributed by atoms with Crippen LogP contribution in [-0.2, 0) is 17.8 Å². The summed E-state index contributed by atoms with van der Waals surface area (Å²) in [7, 11) is 0. The molecule has 0 aliphatic carbocycles. The van der Waals surface area contributed by atoms with Gasteiger partial charge in [-0.2, -0.15) is 0 Å². The van der Waals surface area contributed by atoms with Gasteiger partial charge in [-0.15, -0.1) is 0 Å². The minimum Gasteiger partial charge on any atom is -0.366 e. The van der Waals surface area contributed by atoms with E-state index in [-0.39, 0.29) is 23.1 Å². The van der Waals surface area contributed by atoms with E-state index in [1.807, 2.05) is 18.2 Å². The Labute approximate surface area is 223 Å². The summed E-state index contributed by atoms with van der Waals surface area (Å²) in [4.78, 5) is 30.8. The number of anilines is 2. The van der Waals surface area contributed by atoms with Gasteiger partial charge >= 0.3 is 0 Å². The molecule has 3 rings (SSSR count). The van der Waals surface area contributed by atoms with Crippen LogP contribution in [-0.4, -0.2) is 49.4 Å². The van der Waals surface area contributed by atoms with Gasteiger partial charge in [0, 0.05) is 44.0 Å². The highest BCUT2D eigenvalue weighted by molar-refractivity contribution is 6.02. The second-order valence-electron chi connectivity index (χ2n) is 11.6. The number of amides is 2. The van der Waals surface area contributed by atoms with Gasteiger partial charge in [-0.25, -0.2) is 0 Å². The smallest absolute Gasteiger partial charge is 0.253 e. The van der Waals surface area contributed by atoms with Crippen LogP contribution in [0.15, 0.2) is 42.5 Å². The van der Waals surface area contributed by atoms with E-state index in [4.69, 9.17) is 0 Å². The lowest BCUT2D eigenvalue weighted by Gasteiger charge is -2.32. The van der Waals surface area contributed by atoms with E-state index in [2.05, 4.69) is 86.2 Å². The Balaban J connectivity index is 1.78. The van der Waals surface area contributed by atoms with Crippen molar-refractivity contribution < 1.29 is 9.59 Å². The Morgan fingerprint density at radius 1 is 1.05 bits per heavy atom. The SMILES string of the molecule is CCN(CC)CCNC(=O)c1cc(NC(=O)CC(C)CC(C)(C)C)ccc1N1CCc2ccccc2C1. The Hall–Kier alpha value is -2.86. The van der Waals surface area contributed by atoms with E-state index in [9.17, 15) is 9.59 Å². The molecule has 0 saturated carbocycles. The lowest BCUT2D eigenvalue weighted by molar-refractivity contribution is -0.117. The van der Waals surface area contributed by atoms with Gasteiger partial charge in [0.05, 0.1) is 5.56 Å². The van der Waals surface area contributed by atoms with Gasteiger partial charge < -0.3 is 20.4 Å². The van der Waals surface area contributed by atoms with Gasteiger partial charge in [0.1, 0.15) is 0 Å². The molecule has 0 saturated heterocycles.